The van der Waals surface area contributed by atoms with E-state index in [2.05, 4.69) is 10.2 Å². The van der Waals surface area contributed by atoms with Gasteiger partial charge in [0, 0.05) is 6.08 Å². The second-order valence-corrected chi connectivity index (χ2v) is 1.41. The van der Waals surface area contributed by atoms with Crippen molar-refractivity contribution in [1.29, 1.82) is 0 Å². The summed E-state index contributed by atoms with van der Waals surface area (Å²) in [5.74, 6) is -1.73. The van der Waals surface area contributed by atoms with Gasteiger partial charge in [-0.2, -0.15) is 8.78 Å². The lowest BCUT2D eigenvalue weighted by molar-refractivity contribution is 0.402. The highest BCUT2D eigenvalue weighted by molar-refractivity contribution is 6.12. The Labute approximate surface area is 42.4 Å². The fraction of sp³-hybridized carbons (Fsp3) is 0.333. The minimum absolute atomic E-state index is 0.164. The highest BCUT2D eigenvalue weighted by Gasteiger charge is 1.93. The Kier molecular flexibility index (Phi) is 2.74. The van der Waals surface area contributed by atoms with Crippen LogP contribution in [0.1, 0.15) is 0 Å². The maximum atomic E-state index is 11.3. The molecule has 0 N–H and O–H groups in total. The van der Waals surface area contributed by atoms with E-state index in [4.69, 9.17) is 0 Å². The normalized spacial score (nSPS) is 13.1. The van der Waals surface area contributed by atoms with E-state index in [0.29, 0.717) is 0 Å². The minimum atomic E-state index is -2.01. The zero-order valence-corrected chi connectivity index (χ0v) is 4.29. The first-order chi connectivity index (χ1) is 3.13. The molecule has 0 aromatic heterocycles. The predicted molar refractivity (Wildman–Crippen MR) is 20.9 cm³/mol. The maximum absolute atomic E-state index is 11.3. The van der Waals surface area contributed by atoms with E-state index in [1.165, 1.54) is 0 Å². The number of hydrogen-bond acceptors (Lipinski definition) is 0. The van der Waals surface area contributed by atoms with Crippen molar-refractivity contribution in [3.05, 3.63) is 12.2 Å². The lowest BCUT2D eigenvalue weighted by atomic mass is 10.7. The average molecular weight is 123 g/mol. The quantitative estimate of drug-likeness (QED) is 0.460. The molecule has 4 heteroatoms. The molecule has 0 nitrogen and oxygen atoms in total. The van der Waals surface area contributed by atoms with Gasteiger partial charge < -0.3 is 0 Å². The van der Waals surface area contributed by atoms with Gasteiger partial charge in [-0.15, -0.1) is 0 Å². The van der Waals surface area contributed by atoms with E-state index in [-0.39, 0.29) is 6.08 Å². The maximum Gasteiger partial charge on any atom is 0.268 e. The standard InChI is InChI=1S/C3H2F3Si/c4-2(5)1-3(6)7/h1,3H. The molecule has 0 heterocycles. The van der Waals surface area contributed by atoms with Crippen molar-refractivity contribution in [1.82, 2.24) is 0 Å². The van der Waals surface area contributed by atoms with Gasteiger partial charge in [-0.1, -0.05) is 0 Å². The third kappa shape index (κ3) is 5.75. The number of hydrogen-bond donors (Lipinski definition) is 0. The summed E-state index contributed by atoms with van der Waals surface area (Å²) < 4.78 is 33.1. The van der Waals surface area contributed by atoms with Crippen LogP contribution in [0, 0.1) is 0 Å². The molecule has 0 aliphatic rings. The molecule has 0 bridgehead atoms. The molecule has 0 aromatic rings. The fourth-order valence-corrected chi connectivity index (χ4v) is 0.237. The SMILES string of the molecule is FC(F)=CC(F)[Si]. The Morgan fingerprint density at radius 2 is 2.00 bits per heavy atom. The summed E-state index contributed by atoms with van der Waals surface area (Å²) in [5, 5.41) is 0. The monoisotopic (exact) mass is 123 g/mol. The molecule has 1 atom stereocenters. The highest BCUT2D eigenvalue weighted by atomic mass is 28.1. The van der Waals surface area contributed by atoms with Gasteiger partial charge in [0.2, 0.25) is 0 Å². The van der Waals surface area contributed by atoms with E-state index in [1.54, 1.807) is 0 Å². The first kappa shape index (κ1) is 6.75. The van der Waals surface area contributed by atoms with Gasteiger partial charge in [0.15, 0.2) is 0 Å². The van der Waals surface area contributed by atoms with Crippen molar-refractivity contribution in [3.8, 4) is 0 Å². The van der Waals surface area contributed by atoms with Crippen molar-refractivity contribution >= 4 is 10.2 Å². The Morgan fingerprint density at radius 1 is 1.57 bits per heavy atom. The smallest absolute Gasteiger partial charge is 0.248 e. The molecule has 39 valence electrons. The van der Waals surface area contributed by atoms with Crippen molar-refractivity contribution in [2.75, 3.05) is 0 Å². The molecule has 0 fully saturated rings. The molecule has 0 rings (SSSR count). The second kappa shape index (κ2) is 2.84. The van der Waals surface area contributed by atoms with Gasteiger partial charge in [0.1, 0.15) is 5.79 Å². The van der Waals surface area contributed by atoms with Crippen molar-refractivity contribution < 1.29 is 13.2 Å². The molecule has 0 amide bonds. The molecule has 3 radical (unpaired) electrons. The zero-order valence-electron chi connectivity index (χ0n) is 3.29. The molecule has 0 aliphatic heterocycles. The third-order valence-corrected chi connectivity index (χ3v) is 0.439. The number of rotatable bonds is 1. The summed E-state index contributed by atoms with van der Waals surface area (Å²) in [4.78, 5) is 0. The number of allylic oxidation sites excluding steroid dienone is 1. The van der Waals surface area contributed by atoms with Crippen LogP contribution in [0.5, 0.6) is 0 Å². The molecule has 1 unspecified atom stereocenters. The van der Waals surface area contributed by atoms with Crippen LogP contribution in [0.3, 0.4) is 0 Å². The van der Waals surface area contributed by atoms with Gasteiger partial charge in [0.05, 0.1) is 10.2 Å². The van der Waals surface area contributed by atoms with Crippen LogP contribution >= 0.6 is 0 Å². The van der Waals surface area contributed by atoms with Crippen molar-refractivity contribution in [2.24, 2.45) is 0 Å². The Bertz CT molecular complexity index is 74.2. The van der Waals surface area contributed by atoms with Crippen LogP contribution in [0.15, 0.2) is 12.2 Å². The first-order valence-corrected chi connectivity index (χ1v) is 2.08. The summed E-state index contributed by atoms with van der Waals surface area (Å²) in [7, 11) is 2.30. The van der Waals surface area contributed by atoms with Gasteiger partial charge >= 0.3 is 0 Å². The minimum Gasteiger partial charge on any atom is -0.248 e. The van der Waals surface area contributed by atoms with E-state index in [1.807, 2.05) is 0 Å². The average Bonchev–Trinajstić information content (AvgIpc) is 1.27. The number of halogens is 3. The van der Waals surface area contributed by atoms with Crippen LogP contribution in [0.4, 0.5) is 13.2 Å². The Balaban J connectivity index is 3.45. The molecular weight excluding hydrogens is 121 g/mol. The Morgan fingerprint density at radius 3 is 2.00 bits per heavy atom. The van der Waals surface area contributed by atoms with Gasteiger partial charge in [-0.25, -0.2) is 4.39 Å². The van der Waals surface area contributed by atoms with Gasteiger partial charge in [0.25, 0.3) is 6.08 Å². The van der Waals surface area contributed by atoms with Crippen molar-refractivity contribution in [3.63, 3.8) is 0 Å². The third-order valence-electron chi connectivity index (χ3n) is 0.272. The molecule has 0 aliphatic carbocycles. The first-order valence-electron chi connectivity index (χ1n) is 1.51. The van der Waals surface area contributed by atoms with Gasteiger partial charge in [-0.05, 0) is 0 Å². The summed E-state index contributed by atoms with van der Waals surface area (Å²) in [6.45, 7) is 0. The van der Waals surface area contributed by atoms with E-state index in [9.17, 15) is 13.2 Å². The summed E-state index contributed by atoms with van der Waals surface area (Å²) in [6.07, 6.45) is -1.85. The van der Waals surface area contributed by atoms with E-state index >= 15 is 0 Å². The topological polar surface area (TPSA) is 0 Å². The summed E-state index contributed by atoms with van der Waals surface area (Å²) >= 11 is 0. The molecule has 0 spiro atoms. The fourth-order valence-electron chi connectivity index (χ4n) is 0.111. The number of alkyl halides is 1. The van der Waals surface area contributed by atoms with Gasteiger partial charge in [-0.3, -0.25) is 0 Å². The van der Waals surface area contributed by atoms with Crippen LogP contribution in [0.2, 0.25) is 0 Å². The predicted octanol–water partition coefficient (Wildman–Crippen LogP) is 1.23. The van der Waals surface area contributed by atoms with Crippen LogP contribution in [-0.2, 0) is 0 Å². The molecule has 0 saturated carbocycles. The Hall–Kier alpha value is -0.253. The second-order valence-electron chi connectivity index (χ2n) is 0.858. The van der Waals surface area contributed by atoms with Crippen molar-refractivity contribution in [2.45, 2.75) is 5.79 Å². The van der Waals surface area contributed by atoms with Crippen LogP contribution < -0.4 is 0 Å². The lowest BCUT2D eigenvalue weighted by Crippen LogP contribution is -1.90. The zero-order chi connectivity index (χ0) is 5.86. The highest BCUT2D eigenvalue weighted by Crippen LogP contribution is 1.98. The summed E-state index contributed by atoms with van der Waals surface area (Å²) in [6, 6.07) is 0. The van der Waals surface area contributed by atoms with Crippen LogP contribution in [-0.4, -0.2) is 16.0 Å². The summed E-state index contributed by atoms with van der Waals surface area (Å²) in [5.41, 5.74) is 0. The van der Waals surface area contributed by atoms with Crippen LogP contribution in [0.25, 0.3) is 0 Å². The van der Waals surface area contributed by atoms with E-state index < -0.39 is 11.9 Å². The lowest BCUT2D eigenvalue weighted by Gasteiger charge is -1.83. The molecule has 7 heavy (non-hydrogen) atoms. The van der Waals surface area contributed by atoms with E-state index in [0.717, 1.165) is 0 Å². The molecule has 0 saturated heterocycles. The largest absolute Gasteiger partial charge is 0.268 e. The molecule has 0 aromatic carbocycles. The molecular formula is C3H2F3Si.